The van der Waals surface area contributed by atoms with Crippen molar-refractivity contribution >= 4 is 0 Å². The summed E-state index contributed by atoms with van der Waals surface area (Å²) in [5.74, 6) is 0. The van der Waals surface area contributed by atoms with Gasteiger partial charge in [0.05, 0.1) is 0 Å². The largest absolute Gasteiger partial charge is 0.354 e. The van der Waals surface area contributed by atoms with Crippen LogP contribution in [-0.2, 0) is 13.0 Å². The van der Waals surface area contributed by atoms with Gasteiger partial charge >= 0.3 is 0 Å². The Morgan fingerprint density at radius 2 is 1.95 bits per heavy atom. The first kappa shape index (κ1) is 14.9. The molecule has 1 atom stereocenters. The van der Waals surface area contributed by atoms with Gasteiger partial charge in [0.15, 0.2) is 0 Å². The van der Waals surface area contributed by atoms with Crippen LogP contribution in [0.5, 0.6) is 0 Å². The fourth-order valence-electron chi connectivity index (χ4n) is 2.68. The van der Waals surface area contributed by atoms with Gasteiger partial charge in [-0.1, -0.05) is 43.7 Å². The lowest BCUT2D eigenvalue weighted by atomic mass is 10.1. The Balaban J connectivity index is 1.83. The molecule has 0 amide bonds. The molecule has 0 fully saturated rings. The summed E-state index contributed by atoms with van der Waals surface area (Å²) in [5.41, 5.74) is 2.84. The summed E-state index contributed by atoms with van der Waals surface area (Å²) in [6.07, 6.45) is 9.26. The Bertz CT molecular complexity index is 487. The summed E-state index contributed by atoms with van der Waals surface area (Å²) < 4.78 is 2.32. The second-order valence-corrected chi connectivity index (χ2v) is 5.40. The molecule has 0 spiro atoms. The van der Waals surface area contributed by atoms with Crippen LogP contribution < -0.4 is 5.32 Å². The van der Waals surface area contributed by atoms with E-state index in [9.17, 15) is 0 Å². The summed E-state index contributed by atoms with van der Waals surface area (Å²) in [5, 5.41) is 3.40. The highest BCUT2D eigenvalue weighted by Crippen LogP contribution is 2.18. The zero-order valence-corrected chi connectivity index (χ0v) is 12.7. The number of aromatic nitrogens is 1. The molecule has 2 heteroatoms. The van der Waals surface area contributed by atoms with E-state index in [1.807, 2.05) is 7.05 Å². The predicted molar refractivity (Wildman–Crippen MR) is 85.9 cm³/mol. The van der Waals surface area contributed by atoms with E-state index in [0.717, 1.165) is 13.0 Å². The van der Waals surface area contributed by atoms with Gasteiger partial charge < -0.3 is 9.88 Å². The van der Waals surface area contributed by atoms with Crippen LogP contribution in [0.3, 0.4) is 0 Å². The Kier molecular flexibility index (Phi) is 5.87. The third kappa shape index (κ3) is 4.24. The second-order valence-electron chi connectivity index (χ2n) is 5.40. The van der Waals surface area contributed by atoms with E-state index in [1.165, 1.54) is 30.4 Å². The summed E-state index contributed by atoms with van der Waals surface area (Å²) in [6, 6.07) is 13.5. The number of nitrogens with zero attached hydrogens (tertiary/aromatic N) is 1. The van der Waals surface area contributed by atoms with Gasteiger partial charge in [-0.15, -0.1) is 0 Å². The Morgan fingerprint density at radius 1 is 1.15 bits per heavy atom. The molecule has 0 bridgehead atoms. The predicted octanol–water partition coefficient (Wildman–Crippen LogP) is 4.18. The second kappa shape index (κ2) is 7.91. The van der Waals surface area contributed by atoms with E-state index in [1.54, 1.807) is 0 Å². The van der Waals surface area contributed by atoms with Crippen molar-refractivity contribution in [2.45, 2.75) is 45.2 Å². The van der Waals surface area contributed by atoms with Gasteiger partial charge in [0, 0.05) is 25.0 Å². The average Bonchev–Trinajstić information content (AvgIpc) is 2.94. The highest BCUT2D eigenvalue weighted by atomic mass is 14.9. The lowest BCUT2D eigenvalue weighted by Crippen LogP contribution is -2.15. The van der Waals surface area contributed by atoms with Crippen LogP contribution in [0, 0.1) is 0 Å². The fraction of sp³-hybridized carbons (Fsp3) is 0.444. The van der Waals surface area contributed by atoms with Crippen molar-refractivity contribution < 1.29 is 0 Å². The van der Waals surface area contributed by atoms with Crippen LogP contribution in [0.2, 0.25) is 0 Å². The Hall–Kier alpha value is -1.54. The molecule has 0 saturated heterocycles. The number of nitrogens with one attached hydrogen (secondary N) is 1. The molecule has 2 nitrogen and oxygen atoms in total. The normalized spacial score (nSPS) is 12.5. The highest BCUT2D eigenvalue weighted by Gasteiger charge is 2.08. The standard InChI is InChI=1S/C18H26N2/c1-3-8-18(19-2)17-12-14-20(15-17)13-7-11-16-9-5-4-6-10-16/h4-6,9-10,12,14-15,18-19H,3,7-8,11,13H2,1-2H3. The molecule has 0 aliphatic heterocycles. The van der Waals surface area contributed by atoms with Crippen LogP contribution in [0.1, 0.15) is 43.4 Å². The first-order valence-electron chi connectivity index (χ1n) is 7.70. The number of hydrogen-bond acceptors (Lipinski definition) is 1. The lowest BCUT2D eigenvalue weighted by molar-refractivity contribution is 0.539. The van der Waals surface area contributed by atoms with Crippen molar-refractivity contribution in [2.75, 3.05) is 7.05 Å². The molecule has 1 N–H and O–H groups in total. The third-order valence-electron chi connectivity index (χ3n) is 3.83. The Morgan fingerprint density at radius 3 is 2.65 bits per heavy atom. The van der Waals surface area contributed by atoms with Crippen molar-refractivity contribution in [3.8, 4) is 0 Å². The van der Waals surface area contributed by atoms with E-state index < -0.39 is 0 Å². The van der Waals surface area contributed by atoms with Gasteiger partial charge in [-0.25, -0.2) is 0 Å². The lowest BCUT2D eigenvalue weighted by Gasteiger charge is -2.13. The molecule has 1 heterocycles. The smallest absolute Gasteiger partial charge is 0.0332 e. The molecule has 0 aliphatic carbocycles. The van der Waals surface area contributed by atoms with Gasteiger partial charge in [0.25, 0.3) is 0 Å². The third-order valence-corrected chi connectivity index (χ3v) is 3.83. The van der Waals surface area contributed by atoms with Crippen LogP contribution in [0.25, 0.3) is 0 Å². The first-order chi connectivity index (χ1) is 9.83. The summed E-state index contributed by atoms with van der Waals surface area (Å²) in [6.45, 7) is 3.33. The number of rotatable bonds is 8. The maximum Gasteiger partial charge on any atom is 0.0332 e. The minimum absolute atomic E-state index is 0.496. The summed E-state index contributed by atoms with van der Waals surface area (Å²) in [4.78, 5) is 0. The molecule has 0 radical (unpaired) electrons. The minimum Gasteiger partial charge on any atom is -0.354 e. The van der Waals surface area contributed by atoms with Crippen molar-refractivity contribution in [1.82, 2.24) is 9.88 Å². The quantitative estimate of drug-likeness (QED) is 0.761. The Labute approximate surface area is 122 Å². The molecule has 2 rings (SSSR count). The molecule has 1 unspecified atom stereocenters. The molecule has 1 aromatic heterocycles. The van der Waals surface area contributed by atoms with Gasteiger partial charge in [0.2, 0.25) is 0 Å². The number of aryl methyl sites for hydroxylation is 2. The van der Waals surface area contributed by atoms with E-state index in [4.69, 9.17) is 0 Å². The number of hydrogen-bond donors (Lipinski definition) is 1. The zero-order valence-electron chi connectivity index (χ0n) is 12.7. The molecule has 0 saturated carbocycles. The molecule has 108 valence electrons. The first-order valence-corrected chi connectivity index (χ1v) is 7.70. The van der Waals surface area contributed by atoms with Crippen molar-refractivity contribution in [2.24, 2.45) is 0 Å². The SMILES string of the molecule is CCCC(NC)c1ccn(CCCc2ccccc2)c1. The fourth-order valence-corrected chi connectivity index (χ4v) is 2.68. The molecule has 20 heavy (non-hydrogen) atoms. The van der Waals surface area contributed by atoms with Crippen molar-refractivity contribution in [3.05, 3.63) is 59.9 Å². The van der Waals surface area contributed by atoms with E-state index in [2.05, 4.69) is 65.6 Å². The van der Waals surface area contributed by atoms with Crippen LogP contribution in [-0.4, -0.2) is 11.6 Å². The van der Waals surface area contributed by atoms with Crippen LogP contribution in [0.15, 0.2) is 48.8 Å². The highest BCUT2D eigenvalue weighted by molar-refractivity contribution is 5.16. The molecular weight excluding hydrogens is 244 g/mol. The maximum absolute atomic E-state index is 3.40. The molecule has 0 aliphatic rings. The number of benzene rings is 1. The van der Waals surface area contributed by atoms with Gasteiger partial charge in [-0.3, -0.25) is 0 Å². The topological polar surface area (TPSA) is 17.0 Å². The van der Waals surface area contributed by atoms with Gasteiger partial charge in [-0.05, 0) is 43.5 Å². The van der Waals surface area contributed by atoms with Crippen molar-refractivity contribution in [1.29, 1.82) is 0 Å². The molecule has 2 aromatic rings. The molecular formula is C18H26N2. The van der Waals surface area contributed by atoms with E-state index in [-0.39, 0.29) is 0 Å². The summed E-state index contributed by atoms with van der Waals surface area (Å²) in [7, 11) is 2.05. The van der Waals surface area contributed by atoms with E-state index >= 15 is 0 Å². The summed E-state index contributed by atoms with van der Waals surface area (Å²) >= 11 is 0. The van der Waals surface area contributed by atoms with Crippen LogP contribution in [0.4, 0.5) is 0 Å². The maximum atomic E-state index is 3.40. The van der Waals surface area contributed by atoms with Gasteiger partial charge in [-0.2, -0.15) is 0 Å². The molecule has 1 aromatic carbocycles. The minimum atomic E-state index is 0.496. The van der Waals surface area contributed by atoms with Gasteiger partial charge in [0.1, 0.15) is 0 Å². The monoisotopic (exact) mass is 270 g/mol. The van der Waals surface area contributed by atoms with Crippen LogP contribution >= 0.6 is 0 Å². The van der Waals surface area contributed by atoms with Crippen molar-refractivity contribution in [3.63, 3.8) is 0 Å². The average molecular weight is 270 g/mol. The zero-order chi connectivity index (χ0) is 14.2. The van der Waals surface area contributed by atoms with E-state index in [0.29, 0.717) is 6.04 Å².